The molecule has 0 bridgehead atoms. The summed E-state index contributed by atoms with van der Waals surface area (Å²) in [5.41, 5.74) is 5.59. The van der Waals surface area contributed by atoms with Gasteiger partial charge in [0.05, 0.1) is 13.3 Å². The average molecular weight is 455 g/mol. The predicted molar refractivity (Wildman–Crippen MR) is 127 cm³/mol. The van der Waals surface area contributed by atoms with Crippen molar-refractivity contribution >= 4 is 29.6 Å². The number of ether oxygens (including phenoxy) is 2. The van der Waals surface area contributed by atoms with Crippen molar-refractivity contribution < 1.29 is 23.9 Å². The Hall–Kier alpha value is -3.88. The molecule has 0 saturated heterocycles. The highest BCUT2D eigenvalue weighted by molar-refractivity contribution is 6.35. The van der Waals surface area contributed by atoms with Gasteiger partial charge < -0.3 is 20.1 Å². The second-order valence-corrected chi connectivity index (χ2v) is 7.43. The van der Waals surface area contributed by atoms with Gasteiger partial charge >= 0.3 is 11.8 Å². The van der Waals surface area contributed by atoms with Crippen molar-refractivity contribution in [1.29, 1.82) is 0 Å². The molecule has 0 radical (unpaired) electrons. The quantitative estimate of drug-likeness (QED) is 0.221. The highest BCUT2D eigenvalue weighted by Crippen LogP contribution is 2.27. The fourth-order valence-corrected chi connectivity index (χ4v) is 2.95. The maximum absolute atomic E-state index is 12.2. The van der Waals surface area contributed by atoms with E-state index >= 15 is 0 Å². The van der Waals surface area contributed by atoms with Crippen molar-refractivity contribution in [2.24, 2.45) is 5.10 Å². The second-order valence-electron chi connectivity index (χ2n) is 7.43. The first kappa shape index (κ1) is 25.4. The smallest absolute Gasteiger partial charge is 0.329 e. The van der Waals surface area contributed by atoms with Gasteiger partial charge in [0, 0.05) is 12.2 Å². The molecular formula is C24H30N4O5. The lowest BCUT2D eigenvalue weighted by Gasteiger charge is -2.12. The summed E-state index contributed by atoms with van der Waals surface area (Å²) in [7, 11) is 1.47. The lowest BCUT2D eigenvalue weighted by Crippen LogP contribution is -2.38. The normalized spacial score (nSPS) is 10.5. The number of hydrogen-bond acceptors (Lipinski definition) is 6. The number of methoxy groups -OCH3 is 1. The van der Waals surface area contributed by atoms with Crippen molar-refractivity contribution in [2.45, 2.75) is 33.6 Å². The monoisotopic (exact) mass is 454 g/mol. The van der Waals surface area contributed by atoms with E-state index in [4.69, 9.17) is 9.47 Å². The summed E-state index contributed by atoms with van der Waals surface area (Å²) in [4.78, 5) is 35.6. The molecule has 0 unspecified atom stereocenters. The van der Waals surface area contributed by atoms with Gasteiger partial charge in [0.25, 0.3) is 5.91 Å². The molecule has 33 heavy (non-hydrogen) atoms. The van der Waals surface area contributed by atoms with Crippen LogP contribution in [0.15, 0.2) is 41.5 Å². The fourth-order valence-electron chi connectivity index (χ4n) is 2.95. The molecule has 2 aromatic rings. The third-order valence-corrected chi connectivity index (χ3v) is 4.45. The van der Waals surface area contributed by atoms with Crippen LogP contribution in [0.3, 0.4) is 0 Å². The maximum atomic E-state index is 12.2. The molecule has 0 aliphatic heterocycles. The van der Waals surface area contributed by atoms with E-state index in [-0.39, 0.29) is 12.5 Å². The Morgan fingerprint density at radius 1 is 1.00 bits per heavy atom. The van der Waals surface area contributed by atoms with Gasteiger partial charge in [0.1, 0.15) is 0 Å². The van der Waals surface area contributed by atoms with Crippen molar-refractivity contribution in [3.05, 3.63) is 53.1 Å². The van der Waals surface area contributed by atoms with Crippen molar-refractivity contribution in [2.75, 3.05) is 25.6 Å². The summed E-state index contributed by atoms with van der Waals surface area (Å²) >= 11 is 0. The van der Waals surface area contributed by atoms with Crippen LogP contribution in [0.4, 0.5) is 5.69 Å². The van der Waals surface area contributed by atoms with E-state index in [0.717, 1.165) is 24.0 Å². The first-order valence-corrected chi connectivity index (χ1v) is 10.6. The topological polar surface area (TPSA) is 118 Å². The van der Waals surface area contributed by atoms with Crippen LogP contribution >= 0.6 is 0 Å². The van der Waals surface area contributed by atoms with Crippen molar-refractivity contribution in [1.82, 2.24) is 10.7 Å². The fraction of sp³-hybridized carbons (Fsp3) is 0.333. The molecule has 0 aromatic heterocycles. The van der Waals surface area contributed by atoms with E-state index in [1.165, 1.54) is 13.3 Å². The van der Waals surface area contributed by atoms with Crippen LogP contribution in [0.25, 0.3) is 0 Å². The Kier molecular flexibility index (Phi) is 9.88. The minimum atomic E-state index is -0.843. The molecule has 0 spiro atoms. The number of benzene rings is 2. The van der Waals surface area contributed by atoms with Gasteiger partial charge in [-0.1, -0.05) is 19.4 Å². The molecule has 0 aliphatic carbocycles. The summed E-state index contributed by atoms with van der Waals surface area (Å²) < 4.78 is 10.9. The first-order valence-electron chi connectivity index (χ1n) is 10.6. The van der Waals surface area contributed by atoms with Crippen LogP contribution in [0.5, 0.6) is 11.5 Å². The third kappa shape index (κ3) is 8.64. The molecule has 9 nitrogen and oxygen atoms in total. The highest BCUT2D eigenvalue weighted by Gasteiger charge is 2.12. The number of nitrogens with one attached hydrogen (secondary N) is 3. The van der Waals surface area contributed by atoms with Gasteiger partial charge in [-0.15, -0.1) is 0 Å². The average Bonchev–Trinajstić information content (AvgIpc) is 2.77. The number of anilines is 1. The number of hydrazone groups is 1. The minimum Gasteiger partial charge on any atom is -0.493 e. The van der Waals surface area contributed by atoms with E-state index in [2.05, 4.69) is 21.2 Å². The molecule has 0 atom stereocenters. The summed E-state index contributed by atoms with van der Waals surface area (Å²) in [6.07, 6.45) is 3.08. The van der Waals surface area contributed by atoms with E-state index in [9.17, 15) is 14.4 Å². The van der Waals surface area contributed by atoms with Crippen molar-refractivity contribution in [3.8, 4) is 11.5 Å². The van der Waals surface area contributed by atoms with Gasteiger partial charge in [-0.05, 0) is 67.3 Å². The number of hydrogen-bond donors (Lipinski definition) is 3. The Morgan fingerprint density at radius 3 is 2.39 bits per heavy atom. The molecule has 0 heterocycles. The van der Waals surface area contributed by atoms with Crippen LogP contribution in [0.2, 0.25) is 0 Å². The predicted octanol–water partition coefficient (Wildman–Crippen LogP) is 2.70. The largest absolute Gasteiger partial charge is 0.493 e. The van der Waals surface area contributed by atoms with Gasteiger partial charge in [-0.25, -0.2) is 5.43 Å². The first-order chi connectivity index (χ1) is 15.8. The second kappa shape index (κ2) is 12.8. The number of nitrogens with zero attached hydrogens (tertiary/aromatic N) is 1. The standard InChI is InChI=1S/C24H30N4O5/c1-5-6-9-25-23(30)24(31)28-26-14-18-7-8-20(21(13-18)32-4)33-15-22(29)27-19-11-16(2)10-17(3)12-19/h7-8,10-14H,5-6,9,15H2,1-4H3,(H,25,30)(H,27,29)(H,28,31)/b26-14-. The Bertz CT molecular complexity index is 1000. The maximum Gasteiger partial charge on any atom is 0.329 e. The highest BCUT2D eigenvalue weighted by atomic mass is 16.5. The molecule has 3 N–H and O–H groups in total. The number of unbranched alkanes of at least 4 members (excludes halogenated alkanes) is 1. The molecule has 0 aliphatic rings. The van der Waals surface area contributed by atoms with E-state index in [0.29, 0.717) is 29.3 Å². The Labute approximate surface area is 193 Å². The molecule has 3 amide bonds. The summed E-state index contributed by atoms with van der Waals surface area (Å²) in [5.74, 6) is -1.11. The number of aryl methyl sites for hydroxylation is 2. The number of amides is 3. The zero-order chi connectivity index (χ0) is 24.2. The van der Waals surface area contributed by atoms with Gasteiger partial charge in [-0.2, -0.15) is 5.10 Å². The van der Waals surface area contributed by atoms with Gasteiger partial charge in [-0.3, -0.25) is 14.4 Å². The van der Waals surface area contributed by atoms with E-state index in [1.807, 2.05) is 39.0 Å². The molecule has 0 saturated carbocycles. The molecular weight excluding hydrogens is 424 g/mol. The summed E-state index contributed by atoms with van der Waals surface area (Å²) in [6, 6.07) is 10.7. The van der Waals surface area contributed by atoms with Crippen molar-refractivity contribution in [3.63, 3.8) is 0 Å². The van der Waals surface area contributed by atoms with Gasteiger partial charge in [0.15, 0.2) is 18.1 Å². The molecule has 0 fully saturated rings. The van der Waals surface area contributed by atoms with Crippen LogP contribution < -0.4 is 25.5 Å². The Balaban J connectivity index is 1.90. The SMILES string of the molecule is CCCCNC(=O)C(=O)N/N=C\c1ccc(OCC(=O)Nc2cc(C)cc(C)c2)c(OC)c1. The van der Waals surface area contributed by atoms with Crippen LogP contribution in [0, 0.1) is 13.8 Å². The van der Waals surface area contributed by atoms with E-state index in [1.54, 1.807) is 18.2 Å². The van der Waals surface area contributed by atoms with Crippen LogP contribution in [0.1, 0.15) is 36.5 Å². The molecule has 2 rings (SSSR count). The number of carbonyl (C=O) groups excluding carboxylic acids is 3. The number of rotatable bonds is 10. The van der Waals surface area contributed by atoms with Gasteiger partial charge in [0.2, 0.25) is 0 Å². The summed E-state index contributed by atoms with van der Waals surface area (Å²) in [5, 5.41) is 9.10. The lowest BCUT2D eigenvalue weighted by atomic mass is 10.1. The molecule has 2 aromatic carbocycles. The van der Waals surface area contributed by atoms with Crippen LogP contribution in [-0.4, -0.2) is 44.2 Å². The summed E-state index contributed by atoms with van der Waals surface area (Å²) in [6.45, 7) is 6.15. The molecule has 176 valence electrons. The zero-order valence-electron chi connectivity index (χ0n) is 19.4. The van der Waals surface area contributed by atoms with Crippen LogP contribution in [-0.2, 0) is 14.4 Å². The number of carbonyl (C=O) groups is 3. The lowest BCUT2D eigenvalue weighted by molar-refractivity contribution is -0.139. The minimum absolute atomic E-state index is 0.194. The molecule has 9 heteroatoms. The van der Waals surface area contributed by atoms with E-state index < -0.39 is 11.8 Å². The Morgan fingerprint density at radius 2 is 1.73 bits per heavy atom. The third-order valence-electron chi connectivity index (χ3n) is 4.45. The zero-order valence-corrected chi connectivity index (χ0v) is 19.4.